The molecule has 1 aromatic carbocycles. The summed E-state index contributed by atoms with van der Waals surface area (Å²) in [4.78, 5) is 2.08. The van der Waals surface area contributed by atoms with E-state index in [9.17, 15) is 8.78 Å². The minimum atomic E-state index is -2.36. The summed E-state index contributed by atoms with van der Waals surface area (Å²) in [7, 11) is 3.13. The molecule has 1 saturated heterocycles. The minimum absolute atomic E-state index is 0.205. The lowest BCUT2D eigenvalue weighted by molar-refractivity contribution is 0.0728. The highest BCUT2D eigenvalue weighted by Gasteiger charge is 2.28. The third-order valence-electron chi connectivity index (χ3n) is 3.79. The van der Waals surface area contributed by atoms with Crippen LogP contribution in [0.25, 0.3) is 0 Å². The Hall–Kier alpha value is -1.40. The molecule has 0 unspecified atom stereocenters. The topological polar surface area (TPSA) is 33.7 Å². The van der Waals surface area contributed by atoms with Crippen LogP contribution < -0.4 is 14.8 Å². The summed E-state index contributed by atoms with van der Waals surface area (Å²) in [5.74, 6) is 1.28. The molecule has 0 amide bonds. The maximum Gasteiger partial charge on any atom is 0.240 e. The summed E-state index contributed by atoms with van der Waals surface area (Å²) in [5.41, 5.74) is 0.763. The van der Waals surface area contributed by atoms with Gasteiger partial charge in [0.15, 0.2) is 0 Å². The molecule has 1 aliphatic rings. The van der Waals surface area contributed by atoms with Gasteiger partial charge in [0, 0.05) is 44.2 Å². The Balaban J connectivity index is 2.33. The SMILES string of the molecule is COc1ccc(OC)c([C@H](CC(F)F)N2CCNCC2)c1. The van der Waals surface area contributed by atoms with Gasteiger partial charge in [-0.2, -0.15) is 0 Å². The number of benzene rings is 1. The first-order valence-electron chi connectivity index (χ1n) is 7.10. The van der Waals surface area contributed by atoms with E-state index in [1.807, 2.05) is 0 Å². The molecule has 6 heteroatoms. The number of halogens is 2. The average Bonchev–Trinajstić information content (AvgIpc) is 2.52. The van der Waals surface area contributed by atoms with Gasteiger partial charge in [-0.15, -0.1) is 0 Å². The molecule has 0 radical (unpaired) electrons. The maximum atomic E-state index is 13.0. The van der Waals surface area contributed by atoms with Crippen LogP contribution >= 0.6 is 0 Å². The van der Waals surface area contributed by atoms with Gasteiger partial charge in [-0.25, -0.2) is 8.78 Å². The highest BCUT2D eigenvalue weighted by Crippen LogP contribution is 2.36. The second-order valence-corrected chi connectivity index (χ2v) is 5.04. The zero-order chi connectivity index (χ0) is 15.2. The number of nitrogens with zero attached hydrogens (tertiary/aromatic N) is 1. The molecule has 1 N–H and O–H groups in total. The number of methoxy groups -OCH3 is 2. The standard InChI is InChI=1S/C15H22F2N2O2/c1-20-11-3-4-14(21-2)12(9-11)13(10-15(16)17)19-7-5-18-6-8-19/h3-4,9,13,15,18H,5-8,10H2,1-2H3/t13-/m0/s1. The molecule has 1 atom stereocenters. The smallest absolute Gasteiger partial charge is 0.240 e. The first-order valence-corrected chi connectivity index (χ1v) is 7.10. The molecule has 2 rings (SSSR count). The van der Waals surface area contributed by atoms with Gasteiger partial charge in [0.1, 0.15) is 11.5 Å². The highest BCUT2D eigenvalue weighted by molar-refractivity contribution is 5.42. The van der Waals surface area contributed by atoms with E-state index < -0.39 is 6.43 Å². The Morgan fingerprint density at radius 2 is 1.90 bits per heavy atom. The fraction of sp³-hybridized carbons (Fsp3) is 0.600. The monoisotopic (exact) mass is 300 g/mol. The van der Waals surface area contributed by atoms with Crippen molar-refractivity contribution in [2.24, 2.45) is 0 Å². The van der Waals surface area contributed by atoms with E-state index in [1.54, 1.807) is 32.4 Å². The fourth-order valence-corrected chi connectivity index (χ4v) is 2.74. The molecule has 0 aromatic heterocycles. The van der Waals surface area contributed by atoms with Gasteiger partial charge in [-0.3, -0.25) is 4.90 Å². The van der Waals surface area contributed by atoms with Crippen molar-refractivity contribution in [1.29, 1.82) is 0 Å². The summed E-state index contributed by atoms with van der Waals surface area (Å²) in [6, 6.07) is 4.99. The van der Waals surface area contributed by atoms with Crippen molar-refractivity contribution in [2.75, 3.05) is 40.4 Å². The largest absolute Gasteiger partial charge is 0.497 e. The van der Waals surface area contributed by atoms with Crippen molar-refractivity contribution in [2.45, 2.75) is 18.9 Å². The van der Waals surface area contributed by atoms with E-state index in [-0.39, 0.29) is 12.5 Å². The molecule has 1 fully saturated rings. The van der Waals surface area contributed by atoms with Crippen LogP contribution in [0.1, 0.15) is 18.0 Å². The minimum Gasteiger partial charge on any atom is -0.497 e. The molecular formula is C15H22F2N2O2. The van der Waals surface area contributed by atoms with Gasteiger partial charge in [0.05, 0.1) is 14.2 Å². The Labute approximate surface area is 124 Å². The van der Waals surface area contributed by atoms with Gasteiger partial charge in [-0.1, -0.05) is 0 Å². The zero-order valence-electron chi connectivity index (χ0n) is 12.4. The quantitative estimate of drug-likeness (QED) is 0.874. The summed E-state index contributed by atoms with van der Waals surface area (Å²) in [5, 5.41) is 3.24. The van der Waals surface area contributed by atoms with E-state index >= 15 is 0 Å². The second-order valence-electron chi connectivity index (χ2n) is 5.04. The lowest BCUT2D eigenvalue weighted by Gasteiger charge is -2.35. The number of piperazine rings is 1. The van der Waals surface area contributed by atoms with Gasteiger partial charge in [-0.05, 0) is 18.2 Å². The normalized spacial score (nSPS) is 17.8. The number of hydrogen-bond donors (Lipinski definition) is 1. The van der Waals surface area contributed by atoms with Crippen molar-refractivity contribution in [3.8, 4) is 11.5 Å². The second kappa shape index (κ2) is 7.56. The number of rotatable bonds is 6. The van der Waals surface area contributed by atoms with Crippen LogP contribution in [-0.4, -0.2) is 51.7 Å². The van der Waals surface area contributed by atoms with E-state index in [4.69, 9.17) is 9.47 Å². The van der Waals surface area contributed by atoms with E-state index in [2.05, 4.69) is 10.2 Å². The van der Waals surface area contributed by atoms with Crippen LogP contribution in [0.15, 0.2) is 18.2 Å². The molecule has 21 heavy (non-hydrogen) atoms. The van der Waals surface area contributed by atoms with Crippen LogP contribution in [0, 0.1) is 0 Å². The molecule has 1 heterocycles. The molecular weight excluding hydrogens is 278 g/mol. The molecule has 4 nitrogen and oxygen atoms in total. The molecule has 1 aromatic rings. The van der Waals surface area contributed by atoms with Crippen LogP contribution in [0.5, 0.6) is 11.5 Å². The number of alkyl halides is 2. The Morgan fingerprint density at radius 1 is 1.19 bits per heavy atom. The van der Waals surface area contributed by atoms with Crippen molar-refractivity contribution >= 4 is 0 Å². The number of nitrogens with one attached hydrogen (secondary N) is 1. The number of ether oxygens (including phenoxy) is 2. The van der Waals surface area contributed by atoms with Crippen LogP contribution in [-0.2, 0) is 0 Å². The molecule has 0 saturated carbocycles. The zero-order valence-corrected chi connectivity index (χ0v) is 12.4. The third kappa shape index (κ3) is 4.04. The Kier molecular flexibility index (Phi) is 5.76. The predicted molar refractivity (Wildman–Crippen MR) is 77.4 cm³/mol. The van der Waals surface area contributed by atoms with Crippen molar-refractivity contribution < 1.29 is 18.3 Å². The first-order chi connectivity index (χ1) is 10.2. The predicted octanol–water partition coefficient (Wildman–Crippen LogP) is 2.31. The maximum absolute atomic E-state index is 13.0. The van der Waals surface area contributed by atoms with E-state index in [0.29, 0.717) is 11.5 Å². The van der Waals surface area contributed by atoms with E-state index in [0.717, 1.165) is 31.7 Å². The molecule has 118 valence electrons. The Morgan fingerprint density at radius 3 is 2.48 bits per heavy atom. The van der Waals surface area contributed by atoms with Crippen LogP contribution in [0.4, 0.5) is 8.78 Å². The molecule has 1 aliphatic heterocycles. The van der Waals surface area contributed by atoms with Gasteiger partial charge >= 0.3 is 0 Å². The molecule has 0 bridgehead atoms. The van der Waals surface area contributed by atoms with Crippen molar-refractivity contribution in [3.63, 3.8) is 0 Å². The summed E-state index contributed by atoms with van der Waals surface area (Å²) < 4.78 is 36.6. The summed E-state index contributed by atoms with van der Waals surface area (Å²) >= 11 is 0. The Bertz CT molecular complexity index is 451. The molecule has 0 aliphatic carbocycles. The summed E-state index contributed by atoms with van der Waals surface area (Å²) in [6.07, 6.45) is -2.57. The van der Waals surface area contributed by atoms with Gasteiger partial charge in [0.25, 0.3) is 0 Å². The first kappa shape index (κ1) is 16.0. The third-order valence-corrected chi connectivity index (χ3v) is 3.79. The molecule has 0 spiro atoms. The number of hydrogen-bond acceptors (Lipinski definition) is 4. The average molecular weight is 300 g/mol. The lowest BCUT2D eigenvalue weighted by Crippen LogP contribution is -2.45. The summed E-state index contributed by atoms with van der Waals surface area (Å²) in [6.45, 7) is 3.12. The fourth-order valence-electron chi connectivity index (χ4n) is 2.74. The van der Waals surface area contributed by atoms with Gasteiger partial charge in [0.2, 0.25) is 6.43 Å². The van der Waals surface area contributed by atoms with Gasteiger partial charge < -0.3 is 14.8 Å². The highest BCUT2D eigenvalue weighted by atomic mass is 19.3. The lowest BCUT2D eigenvalue weighted by atomic mass is 9.99. The van der Waals surface area contributed by atoms with Crippen molar-refractivity contribution in [1.82, 2.24) is 10.2 Å². The van der Waals surface area contributed by atoms with Crippen molar-refractivity contribution in [3.05, 3.63) is 23.8 Å². The van der Waals surface area contributed by atoms with Crippen LogP contribution in [0.3, 0.4) is 0 Å². The van der Waals surface area contributed by atoms with Crippen LogP contribution in [0.2, 0.25) is 0 Å². The van der Waals surface area contributed by atoms with E-state index in [1.165, 1.54) is 0 Å².